The first-order valence-electron chi connectivity index (χ1n) is 4.91. The number of allylic oxidation sites excluding steroid dienone is 1. The van der Waals surface area contributed by atoms with Gasteiger partial charge in [0, 0.05) is 17.9 Å². The zero-order valence-electron chi connectivity index (χ0n) is 9.19. The van der Waals surface area contributed by atoms with Crippen LogP contribution >= 0.6 is 0 Å². The number of unbranched alkanes of at least 4 members (excludes halogenated alkanes) is 1. The molecule has 0 fully saturated rings. The van der Waals surface area contributed by atoms with E-state index in [2.05, 4.69) is 23.8 Å². The summed E-state index contributed by atoms with van der Waals surface area (Å²) in [5.74, 6) is 0. The number of nitrogens with one attached hydrogen (secondary N) is 3. The number of rotatable bonds is 8. The largest absolute Gasteiger partial charge is 0.387 e. The molecule has 0 aromatic rings. The molecule has 3 nitrogen and oxygen atoms in total. The SMILES string of the molecule is C=C(C)NC(C)C(=C)NCCCC=N. The fourth-order valence-electron chi connectivity index (χ4n) is 1.06. The molecule has 0 saturated carbocycles. The summed E-state index contributed by atoms with van der Waals surface area (Å²) in [6.45, 7) is 12.6. The molecule has 0 rings (SSSR count). The molecular weight excluding hydrogens is 174 g/mol. The molecule has 0 aliphatic carbocycles. The van der Waals surface area contributed by atoms with Crippen molar-refractivity contribution in [2.75, 3.05) is 6.54 Å². The lowest BCUT2D eigenvalue weighted by Crippen LogP contribution is -2.32. The van der Waals surface area contributed by atoms with Crippen molar-refractivity contribution in [3.63, 3.8) is 0 Å². The first-order valence-corrected chi connectivity index (χ1v) is 4.91. The van der Waals surface area contributed by atoms with E-state index in [1.165, 1.54) is 6.21 Å². The smallest absolute Gasteiger partial charge is 0.0622 e. The summed E-state index contributed by atoms with van der Waals surface area (Å²) in [5, 5.41) is 13.3. The van der Waals surface area contributed by atoms with Crippen molar-refractivity contribution in [3.05, 3.63) is 24.6 Å². The quantitative estimate of drug-likeness (QED) is 0.410. The van der Waals surface area contributed by atoms with Crippen molar-refractivity contribution in [1.82, 2.24) is 10.6 Å². The van der Waals surface area contributed by atoms with Gasteiger partial charge in [-0.15, -0.1) is 0 Å². The summed E-state index contributed by atoms with van der Waals surface area (Å²) in [4.78, 5) is 0. The highest BCUT2D eigenvalue weighted by molar-refractivity contribution is 5.52. The minimum Gasteiger partial charge on any atom is -0.387 e. The Bertz CT molecular complexity index is 209. The minimum absolute atomic E-state index is 0.201. The number of hydrogen-bond donors (Lipinski definition) is 3. The number of hydrogen-bond acceptors (Lipinski definition) is 3. The van der Waals surface area contributed by atoms with Crippen LogP contribution in [0.1, 0.15) is 26.7 Å². The van der Waals surface area contributed by atoms with E-state index in [4.69, 9.17) is 5.41 Å². The van der Waals surface area contributed by atoms with Gasteiger partial charge in [-0.25, -0.2) is 0 Å². The molecule has 3 heteroatoms. The van der Waals surface area contributed by atoms with Crippen LogP contribution in [0.2, 0.25) is 0 Å². The van der Waals surface area contributed by atoms with Gasteiger partial charge in [0.2, 0.25) is 0 Å². The maximum Gasteiger partial charge on any atom is 0.0622 e. The van der Waals surface area contributed by atoms with Gasteiger partial charge < -0.3 is 16.0 Å². The summed E-state index contributed by atoms with van der Waals surface area (Å²) in [6, 6.07) is 0.201. The Balaban J connectivity index is 3.61. The van der Waals surface area contributed by atoms with Gasteiger partial charge >= 0.3 is 0 Å². The molecule has 0 aromatic heterocycles. The zero-order valence-corrected chi connectivity index (χ0v) is 9.19. The lowest BCUT2D eigenvalue weighted by atomic mass is 10.2. The second-order valence-electron chi connectivity index (χ2n) is 3.44. The van der Waals surface area contributed by atoms with Crippen molar-refractivity contribution in [2.24, 2.45) is 0 Å². The third kappa shape index (κ3) is 6.29. The fourth-order valence-corrected chi connectivity index (χ4v) is 1.06. The lowest BCUT2D eigenvalue weighted by molar-refractivity contribution is 0.620. The molecule has 80 valence electrons. The predicted octanol–water partition coefficient (Wildman–Crippen LogP) is 2.03. The van der Waals surface area contributed by atoms with Crippen molar-refractivity contribution in [2.45, 2.75) is 32.7 Å². The van der Waals surface area contributed by atoms with Crippen LogP contribution in [-0.2, 0) is 0 Å². The van der Waals surface area contributed by atoms with Crippen LogP contribution in [0.3, 0.4) is 0 Å². The van der Waals surface area contributed by atoms with Gasteiger partial charge in [-0.05, 0) is 32.9 Å². The van der Waals surface area contributed by atoms with Crippen LogP contribution < -0.4 is 10.6 Å². The molecule has 0 aliphatic rings. The van der Waals surface area contributed by atoms with E-state index < -0.39 is 0 Å². The molecule has 0 amide bonds. The van der Waals surface area contributed by atoms with Gasteiger partial charge in [-0.1, -0.05) is 13.2 Å². The monoisotopic (exact) mass is 195 g/mol. The molecule has 0 spiro atoms. The highest BCUT2D eigenvalue weighted by Gasteiger charge is 2.03. The Morgan fingerprint density at radius 2 is 2.14 bits per heavy atom. The topological polar surface area (TPSA) is 47.9 Å². The van der Waals surface area contributed by atoms with E-state index in [9.17, 15) is 0 Å². The summed E-state index contributed by atoms with van der Waals surface area (Å²) in [7, 11) is 0. The van der Waals surface area contributed by atoms with Crippen LogP contribution in [0.15, 0.2) is 24.6 Å². The van der Waals surface area contributed by atoms with Crippen molar-refractivity contribution < 1.29 is 0 Å². The van der Waals surface area contributed by atoms with Crippen molar-refractivity contribution in [1.29, 1.82) is 5.41 Å². The Morgan fingerprint density at radius 3 is 2.64 bits per heavy atom. The molecule has 0 aromatic carbocycles. The van der Waals surface area contributed by atoms with Crippen molar-refractivity contribution >= 4 is 6.21 Å². The van der Waals surface area contributed by atoms with E-state index in [0.29, 0.717) is 0 Å². The molecule has 14 heavy (non-hydrogen) atoms. The van der Waals surface area contributed by atoms with E-state index in [0.717, 1.165) is 30.8 Å². The Hall–Kier alpha value is -1.25. The van der Waals surface area contributed by atoms with Crippen molar-refractivity contribution in [3.8, 4) is 0 Å². The third-order valence-corrected chi connectivity index (χ3v) is 1.86. The molecule has 0 heterocycles. The highest BCUT2D eigenvalue weighted by atomic mass is 15.0. The molecule has 0 aliphatic heterocycles. The van der Waals surface area contributed by atoms with Crippen LogP contribution in [0, 0.1) is 5.41 Å². The normalized spacial score (nSPS) is 11.6. The lowest BCUT2D eigenvalue weighted by Gasteiger charge is -2.19. The summed E-state index contributed by atoms with van der Waals surface area (Å²) >= 11 is 0. The van der Waals surface area contributed by atoms with E-state index in [-0.39, 0.29) is 6.04 Å². The molecule has 3 N–H and O–H groups in total. The standard InChI is InChI=1S/C11H21N3/c1-9(2)14-11(4)10(3)13-8-6-5-7-12/h7,11-14H,1,3,5-6,8H2,2,4H3. The van der Waals surface area contributed by atoms with E-state index in [1.807, 2.05) is 13.8 Å². The molecular formula is C11H21N3. The average Bonchev–Trinajstić information content (AvgIpc) is 2.11. The Morgan fingerprint density at radius 1 is 1.50 bits per heavy atom. The minimum atomic E-state index is 0.201. The summed E-state index contributed by atoms with van der Waals surface area (Å²) in [6.07, 6.45) is 3.23. The Labute approximate surface area is 86.8 Å². The van der Waals surface area contributed by atoms with Gasteiger partial charge in [-0.3, -0.25) is 0 Å². The maximum atomic E-state index is 6.87. The summed E-state index contributed by atoms with van der Waals surface area (Å²) < 4.78 is 0. The van der Waals surface area contributed by atoms with E-state index in [1.54, 1.807) is 0 Å². The zero-order chi connectivity index (χ0) is 11.0. The Kier molecular flexibility index (Phi) is 6.54. The predicted molar refractivity (Wildman–Crippen MR) is 62.6 cm³/mol. The summed E-state index contributed by atoms with van der Waals surface area (Å²) in [5.41, 5.74) is 1.91. The van der Waals surface area contributed by atoms with E-state index >= 15 is 0 Å². The third-order valence-electron chi connectivity index (χ3n) is 1.86. The van der Waals surface area contributed by atoms with Gasteiger partial charge in [0.1, 0.15) is 0 Å². The van der Waals surface area contributed by atoms with Crippen LogP contribution in [-0.4, -0.2) is 18.8 Å². The maximum absolute atomic E-state index is 6.87. The molecule has 1 atom stereocenters. The first-order chi connectivity index (χ1) is 6.57. The van der Waals surface area contributed by atoms with Crippen LogP contribution in [0.5, 0.6) is 0 Å². The van der Waals surface area contributed by atoms with Crippen LogP contribution in [0.4, 0.5) is 0 Å². The van der Waals surface area contributed by atoms with Gasteiger partial charge in [0.05, 0.1) is 6.04 Å². The van der Waals surface area contributed by atoms with Gasteiger partial charge in [0.25, 0.3) is 0 Å². The highest BCUT2D eigenvalue weighted by Crippen LogP contribution is 1.97. The first kappa shape index (κ1) is 12.8. The second-order valence-corrected chi connectivity index (χ2v) is 3.44. The molecule has 1 unspecified atom stereocenters. The van der Waals surface area contributed by atoms with Gasteiger partial charge in [-0.2, -0.15) is 0 Å². The van der Waals surface area contributed by atoms with Crippen LogP contribution in [0.25, 0.3) is 0 Å². The molecule has 0 radical (unpaired) electrons. The second kappa shape index (κ2) is 7.18. The average molecular weight is 195 g/mol. The molecule has 0 bridgehead atoms. The fraction of sp³-hybridized carbons (Fsp3) is 0.545. The molecule has 0 saturated heterocycles. The van der Waals surface area contributed by atoms with Gasteiger partial charge in [0.15, 0.2) is 0 Å².